The molecule has 1 aliphatic rings. The number of imidazole rings is 1. The van der Waals surface area contributed by atoms with Crippen molar-refractivity contribution in [1.82, 2.24) is 9.55 Å². The van der Waals surface area contributed by atoms with Crippen LogP contribution >= 0.6 is 0 Å². The lowest BCUT2D eigenvalue weighted by atomic mass is 9.94. The molecule has 0 bridgehead atoms. The Morgan fingerprint density at radius 3 is 2.46 bits per heavy atom. The Morgan fingerprint density at radius 2 is 1.92 bits per heavy atom. The van der Waals surface area contributed by atoms with Gasteiger partial charge < -0.3 is 20.1 Å². The number of rotatable bonds is 8. The molecule has 1 aromatic heterocycles. The SMILES string of the molecule is CCS(=O)(=O)c1ccc([C@H](CO)n2c(C[C@@H]3CC[C@H](C(F)(F)F)OC3)nc3cc(C(N)=O)ccc32)cc1. The van der Waals surface area contributed by atoms with Crippen LogP contribution in [-0.2, 0) is 21.0 Å². The van der Waals surface area contributed by atoms with Gasteiger partial charge in [-0.2, -0.15) is 13.2 Å². The number of nitrogens with zero attached hydrogens (tertiary/aromatic N) is 2. The van der Waals surface area contributed by atoms with Gasteiger partial charge in [-0.3, -0.25) is 4.79 Å². The van der Waals surface area contributed by atoms with Crippen molar-refractivity contribution in [2.75, 3.05) is 19.0 Å². The van der Waals surface area contributed by atoms with Crippen LogP contribution in [0.2, 0.25) is 0 Å². The van der Waals surface area contributed by atoms with Crippen molar-refractivity contribution in [1.29, 1.82) is 0 Å². The number of carbonyl (C=O) groups excluding carboxylic acids is 1. The fraction of sp³-hybridized carbons (Fsp3) is 0.440. The standard InChI is InChI=1S/C25H28F3N3O5S/c1-2-37(34,35)18-7-4-16(5-8-18)21(13-32)31-20-9-6-17(24(29)33)12-19(20)30-23(31)11-15-3-10-22(36-14-15)25(26,27)28/h4-9,12,15,21-22,32H,2-3,10-11,13-14H2,1H3,(H2,29,33)/t15-,21-,22+/m0/s1. The molecule has 0 radical (unpaired) electrons. The van der Waals surface area contributed by atoms with Gasteiger partial charge in [0.05, 0.1) is 40.9 Å². The number of carbonyl (C=O) groups is 1. The van der Waals surface area contributed by atoms with Gasteiger partial charge in [0.15, 0.2) is 15.9 Å². The third kappa shape index (κ3) is 5.65. The van der Waals surface area contributed by atoms with Crippen LogP contribution in [0.1, 0.15) is 47.6 Å². The maximum absolute atomic E-state index is 13.0. The number of fused-ring (bicyclic) bond motifs is 1. The Hall–Kier alpha value is -2.96. The molecule has 1 amide bonds. The number of halogens is 3. The molecule has 0 spiro atoms. The molecule has 4 rings (SSSR count). The third-order valence-corrected chi connectivity index (χ3v) is 8.49. The number of hydrogen-bond donors (Lipinski definition) is 2. The minimum Gasteiger partial charge on any atom is -0.394 e. The molecule has 1 saturated heterocycles. The average Bonchev–Trinajstić information content (AvgIpc) is 3.21. The fourth-order valence-electron chi connectivity index (χ4n) is 4.68. The second-order valence-electron chi connectivity index (χ2n) is 9.15. The van der Waals surface area contributed by atoms with Gasteiger partial charge in [0.25, 0.3) is 0 Å². The molecule has 1 aliphatic heterocycles. The molecular formula is C25H28F3N3O5S. The highest BCUT2D eigenvalue weighted by Crippen LogP contribution is 2.34. The lowest BCUT2D eigenvalue weighted by Crippen LogP contribution is -2.38. The number of aliphatic hydroxyl groups is 1. The van der Waals surface area contributed by atoms with E-state index in [4.69, 9.17) is 10.5 Å². The smallest absolute Gasteiger partial charge is 0.394 e. The highest BCUT2D eigenvalue weighted by molar-refractivity contribution is 7.91. The van der Waals surface area contributed by atoms with Crippen molar-refractivity contribution in [3.05, 3.63) is 59.4 Å². The first kappa shape index (κ1) is 27.1. The van der Waals surface area contributed by atoms with Crippen molar-refractivity contribution >= 4 is 26.8 Å². The fourth-order valence-corrected chi connectivity index (χ4v) is 5.56. The molecule has 2 aromatic carbocycles. The molecule has 12 heteroatoms. The topological polar surface area (TPSA) is 125 Å². The lowest BCUT2D eigenvalue weighted by Gasteiger charge is -2.30. The highest BCUT2D eigenvalue weighted by atomic mass is 32.2. The molecular weight excluding hydrogens is 511 g/mol. The first-order valence-electron chi connectivity index (χ1n) is 11.9. The number of alkyl halides is 3. The van der Waals surface area contributed by atoms with Crippen molar-refractivity contribution in [3.63, 3.8) is 0 Å². The molecule has 3 N–H and O–H groups in total. The Labute approximate surface area is 212 Å². The van der Waals surface area contributed by atoms with Crippen LogP contribution in [0.4, 0.5) is 13.2 Å². The van der Waals surface area contributed by atoms with E-state index < -0.39 is 34.1 Å². The van der Waals surface area contributed by atoms with Crippen LogP contribution < -0.4 is 5.73 Å². The van der Waals surface area contributed by atoms with Gasteiger partial charge >= 0.3 is 6.18 Å². The van der Waals surface area contributed by atoms with E-state index in [0.717, 1.165) is 0 Å². The molecule has 3 aromatic rings. The molecule has 37 heavy (non-hydrogen) atoms. The van der Waals surface area contributed by atoms with Crippen LogP contribution in [-0.4, -0.2) is 60.2 Å². The monoisotopic (exact) mass is 539 g/mol. The average molecular weight is 540 g/mol. The van der Waals surface area contributed by atoms with Crippen LogP contribution in [0.25, 0.3) is 11.0 Å². The van der Waals surface area contributed by atoms with Gasteiger partial charge in [-0.15, -0.1) is 0 Å². The summed E-state index contributed by atoms with van der Waals surface area (Å²) in [7, 11) is -3.41. The van der Waals surface area contributed by atoms with Crippen LogP contribution in [0.5, 0.6) is 0 Å². The van der Waals surface area contributed by atoms with Gasteiger partial charge in [0.1, 0.15) is 5.82 Å². The number of primary amides is 1. The molecule has 0 unspecified atom stereocenters. The minimum absolute atomic E-state index is 0.0487. The van der Waals surface area contributed by atoms with E-state index in [9.17, 15) is 31.5 Å². The van der Waals surface area contributed by atoms with E-state index in [-0.39, 0.29) is 54.6 Å². The zero-order chi connectivity index (χ0) is 27.0. The van der Waals surface area contributed by atoms with Crippen molar-refractivity contribution in [2.24, 2.45) is 11.7 Å². The minimum atomic E-state index is -4.41. The molecule has 0 saturated carbocycles. The highest BCUT2D eigenvalue weighted by Gasteiger charge is 2.43. The Balaban J connectivity index is 1.72. The largest absolute Gasteiger partial charge is 0.414 e. The quantitative estimate of drug-likeness (QED) is 0.452. The summed E-state index contributed by atoms with van der Waals surface area (Å²) in [5.74, 6) is -0.420. The van der Waals surface area contributed by atoms with Crippen molar-refractivity contribution in [3.8, 4) is 0 Å². The van der Waals surface area contributed by atoms with E-state index >= 15 is 0 Å². The van der Waals surface area contributed by atoms with E-state index in [1.165, 1.54) is 24.3 Å². The molecule has 0 aliphatic carbocycles. The summed E-state index contributed by atoms with van der Waals surface area (Å²) >= 11 is 0. The predicted octanol–water partition coefficient (Wildman–Crippen LogP) is 3.41. The Bertz CT molecular complexity index is 1380. The summed E-state index contributed by atoms with van der Waals surface area (Å²) in [5.41, 5.74) is 7.31. The van der Waals surface area contributed by atoms with E-state index in [0.29, 0.717) is 22.4 Å². The number of aliphatic hydroxyl groups excluding tert-OH is 1. The summed E-state index contributed by atoms with van der Waals surface area (Å²) in [4.78, 5) is 16.5. The van der Waals surface area contributed by atoms with Gasteiger partial charge in [-0.05, 0) is 54.7 Å². The van der Waals surface area contributed by atoms with Gasteiger partial charge in [-0.1, -0.05) is 19.1 Å². The summed E-state index contributed by atoms with van der Waals surface area (Å²) in [6.45, 7) is 1.11. The normalized spacial score (nSPS) is 19.7. The first-order valence-corrected chi connectivity index (χ1v) is 13.5. The molecule has 2 heterocycles. The maximum atomic E-state index is 13.0. The van der Waals surface area contributed by atoms with Crippen LogP contribution in [0.3, 0.4) is 0 Å². The first-order chi connectivity index (χ1) is 17.4. The Kier molecular flexibility index (Phi) is 7.63. The van der Waals surface area contributed by atoms with Gasteiger partial charge in [-0.25, -0.2) is 13.4 Å². The van der Waals surface area contributed by atoms with E-state index in [1.807, 2.05) is 0 Å². The molecule has 200 valence electrons. The number of aromatic nitrogens is 2. The zero-order valence-electron chi connectivity index (χ0n) is 20.1. The summed E-state index contributed by atoms with van der Waals surface area (Å²) in [6, 6.07) is 10.3. The number of ether oxygens (including phenoxy) is 1. The second kappa shape index (κ2) is 10.4. The molecule has 3 atom stereocenters. The summed E-state index contributed by atoms with van der Waals surface area (Å²) in [5, 5.41) is 10.4. The molecule has 1 fully saturated rings. The third-order valence-electron chi connectivity index (χ3n) is 6.74. The Morgan fingerprint density at radius 1 is 1.22 bits per heavy atom. The zero-order valence-corrected chi connectivity index (χ0v) is 20.9. The lowest BCUT2D eigenvalue weighted by molar-refractivity contribution is -0.235. The van der Waals surface area contributed by atoms with Crippen molar-refractivity contribution in [2.45, 2.75) is 49.4 Å². The maximum Gasteiger partial charge on any atom is 0.414 e. The number of benzene rings is 2. The number of hydrogen-bond acceptors (Lipinski definition) is 6. The molecule has 8 nitrogen and oxygen atoms in total. The summed E-state index contributed by atoms with van der Waals surface area (Å²) < 4.78 is 70.4. The number of amides is 1. The van der Waals surface area contributed by atoms with E-state index in [2.05, 4.69) is 4.98 Å². The van der Waals surface area contributed by atoms with Crippen LogP contribution in [0.15, 0.2) is 47.4 Å². The van der Waals surface area contributed by atoms with Crippen molar-refractivity contribution < 1.29 is 36.2 Å². The number of nitrogens with two attached hydrogens (primary N) is 1. The predicted molar refractivity (Wildman–Crippen MR) is 130 cm³/mol. The van der Waals surface area contributed by atoms with Gasteiger partial charge in [0, 0.05) is 12.0 Å². The summed E-state index contributed by atoms with van der Waals surface area (Å²) in [6.07, 6.45) is -5.79. The van der Waals surface area contributed by atoms with Gasteiger partial charge in [0.2, 0.25) is 5.91 Å². The van der Waals surface area contributed by atoms with Crippen LogP contribution in [0, 0.1) is 5.92 Å². The number of sulfone groups is 1. The second-order valence-corrected chi connectivity index (χ2v) is 11.4. The van der Waals surface area contributed by atoms with E-state index in [1.54, 1.807) is 29.7 Å².